The maximum absolute atomic E-state index is 13.2. The zero-order chi connectivity index (χ0) is 18.1. The molecule has 7 heteroatoms. The summed E-state index contributed by atoms with van der Waals surface area (Å²) in [5.41, 5.74) is 2.67. The van der Waals surface area contributed by atoms with Crippen LogP contribution in [0, 0.1) is 25.5 Å². The predicted octanol–water partition coefficient (Wildman–Crippen LogP) is 4.67. The molecule has 0 saturated carbocycles. The van der Waals surface area contributed by atoms with Gasteiger partial charge in [0, 0.05) is 17.3 Å². The van der Waals surface area contributed by atoms with Gasteiger partial charge in [-0.3, -0.25) is 4.79 Å². The first-order valence-corrected chi connectivity index (χ1v) is 7.82. The highest BCUT2D eigenvalue weighted by molar-refractivity contribution is 6.31. The summed E-state index contributed by atoms with van der Waals surface area (Å²) < 4.78 is 28.0. The van der Waals surface area contributed by atoms with Gasteiger partial charge >= 0.3 is 0 Å². The number of carbonyl (C=O) groups is 1. The molecule has 1 amide bonds. The average molecular weight is 362 g/mol. The summed E-state index contributed by atoms with van der Waals surface area (Å²) in [4.78, 5) is 12.2. The van der Waals surface area contributed by atoms with Crippen LogP contribution in [0.5, 0.6) is 0 Å². The minimum atomic E-state index is -0.757. The van der Waals surface area contributed by atoms with Gasteiger partial charge < -0.3 is 5.32 Å². The number of nitrogens with one attached hydrogen (secondary N) is 1. The van der Waals surface area contributed by atoms with Gasteiger partial charge in [0.1, 0.15) is 11.6 Å². The average Bonchev–Trinajstić information content (AvgIpc) is 2.81. The number of carbonyl (C=O) groups excluding carboxylic acids is 1. The second-order valence-corrected chi connectivity index (χ2v) is 5.93. The van der Waals surface area contributed by atoms with Gasteiger partial charge in [-0.25, -0.2) is 13.5 Å². The lowest BCUT2D eigenvalue weighted by molar-refractivity contribution is 0.102. The van der Waals surface area contributed by atoms with Crippen LogP contribution in [0.2, 0.25) is 5.02 Å². The van der Waals surface area contributed by atoms with Gasteiger partial charge in [0.15, 0.2) is 0 Å². The number of aromatic nitrogens is 2. The normalized spacial score (nSPS) is 10.8. The molecule has 0 fully saturated rings. The van der Waals surface area contributed by atoms with Crippen molar-refractivity contribution < 1.29 is 13.6 Å². The van der Waals surface area contributed by atoms with Gasteiger partial charge in [-0.15, -0.1) is 0 Å². The van der Waals surface area contributed by atoms with E-state index in [1.165, 1.54) is 0 Å². The summed E-state index contributed by atoms with van der Waals surface area (Å²) in [7, 11) is 0. The molecule has 2 aromatic carbocycles. The van der Waals surface area contributed by atoms with Gasteiger partial charge in [0.05, 0.1) is 22.1 Å². The third-order valence-corrected chi connectivity index (χ3v) is 4.24. The Morgan fingerprint density at radius 1 is 1.08 bits per heavy atom. The van der Waals surface area contributed by atoms with Crippen molar-refractivity contribution in [1.29, 1.82) is 0 Å². The molecule has 128 valence electrons. The van der Waals surface area contributed by atoms with Gasteiger partial charge in [-0.2, -0.15) is 5.10 Å². The third kappa shape index (κ3) is 3.53. The first-order chi connectivity index (χ1) is 11.8. The summed E-state index contributed by atoms with van der Waals surface area (Å²) >= 11 is 6.14. The van der Waals surface area contributed by atoms with Crippen LogP contribution < -0.4 is 5.32 Å². The number of aryl methyl sites for hydroxylation is 1. The Hall–Kier alpha value is -2.73. The molecular weight excluding hydrogens is 348 g/mol. The molecule has 0 aliphatic carbocycles. The quantitative estimate of drug-likeness (QED) is 0.736. The minimum absolute atomic E-state index is 0.0527. The number of hydrogen-bond donors (Lipinski definition) is 1. The van der Waals surface area contributed by atoms with Crippen LogP contribution in [0.15, 0.2) is 42.5 Å². The fourth-order valence-electron chi connectivity index (χ4n) is 2.46. The second kappa shape index (κ2) is 6.64. The van der Waals surface area contributed by atoms with E-state index in [-0.39, 0.29) is 5.69 Å². The molecule has 0 spiro atoms. The van der Waals surface area contributed by atoms with Crippen molar-refractivity contribution >= 4 is 23.2 Å². The van der Waals surface area contributed by atoms with Crippen LogP contribution in [0.25, 0.3) is 5.69 Å². The van der Waals surface area contributed by atoms with Crippen LogP contribution in [-0.4, -0.2) is 15.7 Å². The highest BCUT2D eigenvalue weighted by Gasteiger charge is 2.12. The van der Waals surface area contributed by atoms with Crippen LogP contribution in [0.4, 0.5) is 14.5 Å². The lowest BCUT2D eigenvalue weighted by Crippen LogP contribution is -2.12. The SMILES string of the molecule is Cc1nn(-c2ccc(C(=O)Nc3cc(F)cc(F)c3)cc2)c(C)c1Cl. The molecular formula is C18H14ClF2N3O. The number of amides is 1. The van der Waals surface area contributed by atoms with E-state index in [2.05, 4.69) is 10.4 Å². The number of hydrogen-bond acceptors (Lipinski definition) is 2. The molecule has 0 unspecified atom stereocenters. The molecule has 1 heterocycles. The maximum atomic E-state index is 13.2. The highest BCUT2D eigenvalue weighted by Crippen LogP contribution is 2.22. The molecule has 0 aliphatic rings. The molecule has 3 rings (SSSR count). The van der Waals surface area contributed by atoms with Crippen molar-refractivity contribution in [3.05, 3.63) is 76.1 Å². The zero-order valence-electron chi connectivity index (χ0n) is 13.5. The smallest absolute Gasteiger partial charge is 0.255 e. The van der Waals surface area contributed by atoms with Crippen LogP contribution >= 0.6 is 11.6 Å². The monoisotopic (exact) mass is 361 g/mol. The summed E-state index contributed by atoms with van der Waals surface area (Å²) in [5.74, 6) is -1.98. The molecule has 3 aromatic rings. The Kier molecular flexibility index (Phi) is 4.55. The lowest BCUT2D eigenvalue weighted by Gasteiger charge is -2.08. The molecule has 4 nitrogen and oxygen atoms in total. The summed E-state index contributed by atoms with van der Waals surface area (Å²) in [5, 5.41) is 7.40. The van der Waals surface area contributed by atoms with E-state index in [0.29, 0.717) is 16.3 Å². The van der Waals surface area contributed by atoms with Crippen LogP contribution in [0.3, 0.4) is 0 Å². The van der Waals surface area contributed by atoms with Crippen molar-refractivity contribution in [2.45, 2.75) is 13.8 Å². The molecule has 25 heavy (non-hydrogen) atoms. The predicted molar refractivity (Wildman–Crippen MR) is 92.4 cm³/mol. The van der Waals surface area contributed by atoms with Crippen LogP contribution in [0.1, 0.15) is 21.7 Å². The molecule has 1 aromatic heterocycles. The molecule has 0 radical (unpaired) electrons. The van der Waals surface area contributed by atoms with Gasteiger partial charge in [-0.1, -0.05) is 11.6 Å². The molecule has 0 atom stereocenters. The number of halogens is 3. The molecule has 0 bridgehead atoms. The Morgan fingerprint density at radius 2 is 1.68 bits per heavy atom. The second-order valence-electron chi connectivity index (χ2n) is 5.56. The van der Waals surface area contributed by atoms with E-state index in [4.69, 9.17) is 11.6 Å². The first kappa shape index (κ1) is 17.1. The summed E-state index contributed by atoms with van der Waals surface area (Å²) in [6.07, 6.45) is 0. The summed E-state index contributed by atoms with van der Waals surface area (Å²) in [6, 6.07) is 9.48. The fraction of sp³-hybridized carbons (Fsp3) is 0.111. The number of anilines is 1. The highest BCUT2D eigenvalue weighted by atomic mass is 35.5. The topological polar surface area (TPSA) is 46.9 Å². The van der Waals surface area contributed by atoms with E-state index in [1.54, 1.807) is 28.9 Å². The Morgan fingerprint density at radius 3 is 2.20 bits per heavy atom. The Bertz CT molecular complexity index is 931. The van der Waals surface area contributed by atoms with Crippen LogP contribution in [-0.2, 0) is 0 Å². The van der Waals surface area contributed by atoms with Gasteiger partial charge in [-0.05, 0) is 50.2 Å². The lowest BCUT2D eigenvalue weighted by atomic mass is 10.2. The van der Waals surface area contributed by atoms with Crippen molar-refractivity contribution in [2.24, 2.45) is 0 Å². The maximum Gasteiger partial charge on any atom is 0.255 e. The largest absolute Gasteiger partial charge is 0.322 e. The fourth-order valence-corrected chi connectivity index (χ4v) is 2.58. The van der Waals surface area contributed by atoms with E-state index >= 15 is 0 Å². The zero-order valence-corrected chi connectivity index (χ0v) is 14.2. The van der Waals surface area contributed by atoms with Gasteiger partial charge in [0.2, 0.25) is 0 Å². The minimum Gasteiger partial charge on any atom is -0.322 e. The first-order valence-electron chi connectivity index (χ1n) is 7.45. The number of rotatable bonds is 3. The van der Waals surface area contributed by atoms with Gasteiger partial charge in [0.25, 0.3) is 5.91 Å². The van der Waals surface area contributed by atoms with Crippen molar-refractivity contribution in [3.8, 4) is 5.69 Å². The van der Waals surface area contributed by atoms with E-state index in [1.807, 2.05) is 13.8 Å². The van der Waals surface area contributed by atoms with Crippen molar-refractivity contribution in [3.63, 3.8) is 0 Å². The Labute approximate surface area is 148 Å². The van der Waals surface area contributed by atoms with E-state index < -0.39 is 17.5 Å². The Balaban J connectivity index is 1.82. The third-order valence-electron chi connectivity index (χ3n) is 3.70. The number of benzene rings is 2. The van der Waals surface area contributed by atoms with E-state index in [0.717, 1.165) is 29.6 Å². The van der Waals surface area contributed by atoms with Crippen molar-refractivity contribution in [1.82, 2.24) is 9.78 Å². The summed E-state index contributed by atoms with van der Waals surface area (Å²) in [6.45, 7) is 3.66. The molecule has 0 saturated heterocycles. The molecule has 1 N–H and O–H groups in total. The standard InChI is InChI=1S/C18H14ClF2N3O/c1-10-17(19)11(2)24(23-10)16-5-3-12(4-6-16)18(25)22-15-8-13(20)7-14(21)9-15/h3-9H,1-2H3,(H,22,25). The molecule has 0 aliphatic heterocycles. The number of nitrogens with zero attached hydrogens (tertiary/aromatic N) is 2. The van der Waals surface area contributed by atoms with Crippen molar-refractivity contribution in [2.75, 3.05) is 5.32 Å². The van der Waals surface area contributed by atoms with E-state index in [9.17, 15) is 13.6 Å².